The highest BCUT2D eigenvalue weighted by atomic mass is 16.1. The number of hydrogen-bond donors (Lipinski definition) is 0. The fourth-order valence-electron chi connectivity index (χ4n) is 2.78. The molecule has 1 atom stereocenters. The number of aromatic nitrogens is 1. The molecule has 1 heterocycles. The van der Waals surface area contributed by atoms with Gasteiger partial charge < -0.3 is 0 Å². The lowest BCUT2D eigenvalue weighted by atomic mass is 9.82. The molecule has 0 bridgehead atoms. The second-order valence-corrected chi connectivity index (χ2v) is 5.10. The van der Waals surface area contributed by atoms with Crippen molar-refractivity contribution >= 4 is 22.3 Å². The molecule has 96 valence electrons. The van der Waals surface area contributed by atoms with Gasteiger partial charge in [0.25, 0.3) is 0 Å². The Morgan fingerprint density at radius 1 is 1.21 bits per heavy atom. The molecule has 1 saturated carbocycles. The number of benzene rings is 1. The maximum atomic E-state index is 12.6. The third-order valence-electron chi connectivity index (χ3n) is 3.79. The summed E-state index contributed by atoms with van der Waals surface area (Å²) < 4.78 is 0. The van der Waals surface area contributed by atoms with Crippen molar-refractivity contribution in [2.75, 3.05) is 0 Å². The van der Waals surface area contributed by atoms with Crippen LogP contribution in [0.15, 0.2) is 36.7 Å². The molecular formula is C16H15NO2. The highest BCUT2D eigenvalue weighted by molar-refractivity contribution is 6.09. The molecule has 19 heavy (non-hydrogen) atoms. The van der Waals surface area contributed by atoms with Gasteiger partial charge in [0.15, 0.2) is 5.78 Å². The quantitative estimate of drug-likeness (QED) is 0.772. The Balaban J connectivity index is 1.99. The summed E-state index contributed by atoms with van der Waals surface area (Å²) in [4.78, 5) is 28.2. The zero-order chi connectivity index (χ0) is 13.2. The number of nitrogens with zero attached hydrogens (tertiary/aromatic N) is 1. The minimum Gasteiger partial charge on any atom is -0.300 e. The van der Waals surface area contributed by atoms with Crippen molar-refractivity contribution < 1.29 is 9.59 Å². The topological polar surface area (TPSA) is 47.0 Å². The van der Waals surface area contributed by atoms with Crippen LogP contribution in [0.3, 0.4) is 0 Å². The third kappa shape index (κ3) is 2.28. The highest BCUT2D eigenvalue weighted by Gasteiger charge is 2.27. The van der Waals surface area contributed by atoms with Gasteiger partial charge in [-0.3, -0.25) is 14.6 Å². The van der Waals surface area contributed by atoms with Crippen molar-refractivity contribution in [2.24, 2.45) is 5.92 Å². The summed E-state index contributed by atoms with van der Waals surface area (Å²) >= 11 is 0. The molecule has 1 unspecified atom stereocenters. The van der Waals surface area contributed by atoms with Crippen LogP contribution in [0.25, 0.3) is 10.8 Å². The number of hydrogen-bond acceptors (Lipinski definition) is 3. The number of fused-ring (bicyclic) bond motifs is 1. The third-order valence-corrected chi connectivity index (χ3v) is 3.79. The first-order valence-corrected chi connectivity index (χ1v) is 6.64. The maximum absolute atomic E-state index is 12.6. The lowest BCUT2D eigenvalue weighted by Crippen LogP contribution is -2.23. The van der Waals surface area contributed by atoms with Crippen molar-refractivity contribution in [3.05, 3.63) is 42.2 Å². The summed E-state index contributed by atoms with van der Waals surface area (Å²) in [5.74, 6) is 0.115. The van der Waals surface area contributed by atoms with E-state index in [1.807, 2.05) is 24.3 Å². The van der Waals surface area contributed by atoms with Crippen LogP contribution >= 0.6 is 0 Å². The first-order valence-electron chi connectivity index (χ1n) is 6.64. The van der Waals surface area contributed by atoms with Crippen LogP contribution in [0.1, 0.15) is 36.0 Å². The van der Waals surface area contributed by atoms with Gasteiger partial charge >= 0.3 is 0 Å². The number of ketones is 2. The van der Waals surface area contributed by atoms with E-state index < -0.39 is 0 Å². The minimum atomic E-state index is -0.158. The second kappa shape index (κ2) is 4.92. The Morgan fingerprint density at radius 2 is 2.05 bits per heavy atom. The average Bonchev–Trinajstić information content (AvgIpc) is 2.46. The molecule has 3 heteroatoms. The van der Waals surface area contributed by atoms with E-state index in [1.54, 1.807) is 12.4 Å². The minimum absolute atomic E-state index is 0.0670. The van der Waals surface area contributed by atoms with Crippen molar-refractivity contribution in [3.8, 4) is 0 Å². The Bertz CT molecular complexity index is 643. The summed E-state index contributed by atoms with van der Waals surface area (Å²) in [5.41, 5.74) is 0.651. The van der Waals surface area contributed by atoms with Gasteiger partial charge in [-0.15, -0.1) is 0 Å². The van der Waals surface area contributed by atoms with Crippen molar-refractivity contribution in [1.29, 1.82) is 0 Å². The van der Waals surface area contributed by atoms with Gasteiger partial charge in [0.2, 0.25) is 0 Å². The Hall–Kier alpha value is -2.03. The summed E-state index contributed by atoms with van der Waals surface area (Å²) in [6.45, 7) is 0. The monoisotopic (exact) mass is 253 g/mol. The molecule has 0 aliphatic heterocycles. The molecule has 3 rings (SSSR count). The van der Waals surface area contributed by atoms with E-state index in [0.29, 0.717) is 18.4 Å². The Morgan fingerprint density at radius 3 is 2.89 bits per heavy atom. The Kier molecular flexibility index (Phi) is 3.11. The average molecular weight is 253 g/mol. The molecule has 1 aromatic heterocycles. The van der Waals surface area contributed by atoms with Crippen molar-refractivity contribution in [2.45, 2.75) is 25.7 Å². The molecule has 0 saturated heterocycles. The van der Waals surface area contributed by atoms with Gasteiger partial charge in [0.1, 0.15) is 5.78 Å². The van der Waals surface area contributed by atoms with Gasteiger partial charge in [-0.1, -0.05) is 24.3 Å². The van der Waals surface area contributed by atoms with E-state index in [0.717, 1.165) is 23.6 Å². The molecule has 0 spiro atoms. The van der Waals surface area contributed by atoms with Crippen LogP contribution < -0.4 is 0 Å². The SMILES string of the molecule is O=C1CCCC(C(=O)c2cncc3ccccc23)C1. The van der Waals surface area contributed by atoms with Crippen LogP contribution in [0, 0.1) is 5.92 Å². The molecule has 1 aromatic carbocycles. The summed E-state index contributed by atoms with van der Waals surface area (Å²) in [7, 11) is 0. The van der Waals surface area contributed by atoms with Crippen LogP contribution in [-0.2, 0) is 4.79 Å². The number of carbonyl (C=O) groups is 2. The zero-order valence-electron chi connectivity index (χ0n) is 10.6. The van der Waals surface area contributed by atoms with Gasteiger partial charge in [-0.05, 0) is 18.2 Å². The van der Waals surface area contributed by atoms with Gasteiger partial charge in [0.05, 0.1) is 0 Å². The lowest BCUT2D eigenvalue weighted by molar-refractivity contribution is -0.121. The van der Waals surface area contributed by atoms with Crippen LogP contribution in [0.5, 0.6) is 0 Å². The molecule has 1 aliphatic rings. The summed E-state index contributed by atoms with van der Waals surface area (Å²) in [5, 5.41) is 1.90. The number of pyridine rings is 1. The van der Waals surface area contributed by atoms with E-state index in [1.165, 1.54) is 0 Å². The molecule has 0 radical (unpaired) electrons. The molecule has 0 amide bonds. The van der Waals surface area contributed by atoms with Crippen molar-refractivity contribution in [1.82, 2.24) is 4.98 Å². The van der Waals surface area contributed by atoms with Crippen molar-refractivity contribution in [3.63, 3.8) is 0 Å². The molecule has 3 nitrogen and oxygen atoms in total. The fraction of sp³-hybridized carbons (Fsp3) is 0.312. The van der Waals surface area contributed by atoms with E-state index in [4.69, 9.17) is 0 Å². The Labute approximate surface area is 111 Å². The van der Waals surface area contributed by atoms with Gasteiger partial charge in [-0.2, -0.15) is 0 Å². The molecule has 2 aromatic rings. The first-order chi connectivity index (χ1) is 9.25. The zero-order valence-corrected chi connectivity index (χ0v) is 10.6. The summed E-state index contributed by atoms with van der Waals surface area (Å²) in [6.07, 6.45) is 6.04. The fourth-order valence-corrected chi connectivity index (χ4v) is 2.78. The van der Waals surface area contributed by atoms with E-state index >= 15 is 0 Å². The van der Waals surface area contributed by atoms with Gasteiger partial charge in [-0.25, -0.2) is 0 Å². The predicted octanol–water partition coefficient (Wildman–Crippen LogP) is 3.18. The largest absolute Gasteiger partial charge is 0.300 e. The number of rotatable bonds is 2. The van der Waals surface area contributed by atoms with E-state index in [9.17, 15) is 9.59 Å². The molecular weight excluding hydrogens is 238 g/mol. The van der Waals surface area contributed by atoms with E-state index in [-0.39, 0.29) is 17.5 Å². The predicted molar refractivity (Wildman–Crippen MR) is 73.0 cm³/mol. The smallest absolute Gasteiger partial charge is 0.168 e. The van der Waals surface area contributed by atoms with E-state index in [2.05, 4.69) is 4.98 Å². The highest BCUT2D eigenvalue weighted by Crippen LogP contribution is 2.27. The van der Waals surface area contributed by atoms with Crippen LogP contribution in [0.2, 0.25) is 0 Å². The molecule has 1 aliphatic carbocycles. The lowest BCUT2D eigenvalue weighted by Gasteiger charge is -2.20. The standard InChI is InChI=1S/C16H15NO2/c18-13-6-3-5-11(8-13)16(19)15-10-17-9-12-4-1-2-7-14(12)15/h1-2,4,7,9-11H,3,5-6,8H2. The number of carbonyl (C=O) groups excluding carboxylic acids is 2. The normalized spacial score (nSPS) is 19.6. The molecule has 0 N–H and O–H groups in total. The first kappa shape index (κ1) is 12.0. The number of Topliss-reactive ketones (excluding diaryl/α,β-unsaturated/α-hetero) is 2. The second-order valence-electron chi connectivity index (χ2n) is 5.10. The van der Waals surface area contributed by atoms with Crippen LogP contribution in [0.4, 0.5) is 0 Å². The van der Waals surface area contributed by atoms with Gasteiger partial charge in [0, 0.05) is 42.1 Å². The maximum Gasteiger partial charge on any atom is 0.168 e. The summed E-state index contributed by atoms with van der Waals surface area (Å²) in [6, 6.07) is 7.74. The molecule has 1 fully saturated rings. The van der Waals surface area contributed by atoms with Crippen LogP contribution in [-0.4, -0.2) is 16.6 Å².